The maximum Gasteiger partial charge on any atom is 0.137 e. The Morgan fingerprint density at radius 2 is 1.52 bits per heavy atom. The Bertz CT molecular complexity index is 1450. The highest BCUT2D eigenvalue weighted by Crippen LogP contribution is 2.35. The van der Waals surface area contributed by atoms with Crippen molar-refractivity contribution in [3.8, 4) is 22.5 Å². The number of hydrogen-bond donors (Lipinski definition) is 0. The molecule has 5 aromatic rings. The second-order valence-electron chi connectivity index (χ2n) is 10.4. The van der Waals surface area contributed by atoms with Crippen LogP contribution in [0.5, 0.6) is 0 Å². The fourth-order valence-corrected chi connectivity index (χ4v) is 4.65. The van der Waals surface area contributed by atoms with Gasteiger partial charge in [-0.25, -0.2) is 9.97 Å². The number of rotatable bonds is 4. The first-order chi connectivity index (χ1) is 15.8. The van der Waals surface area contributed by atoms with E-state index in [-0.39, 0.29) is 5.41 Å². The van der Waals surface area contributed by atoms with E-state index in [1.54, 1.807) is 12.6 Å². The molecule has 0 N–H and O–H groups in total. The van der Waals surface area contributed by atoms with Crippen LogP contribution >= 0.6 is 0 Å². The van der Waals surface area contributed by atoms with Crippen LogP contribution in [0, 0.1) is 5.92 Å². The lowest BCUT2D eigenvalue weighted by molar-refractivity contribution is 0.595. The van der Waals surface area contributed by atoms with Gasteiger partial charge < -0.3 is 4.42 Å². The fraction of sp³-hybridized carbons (Fsp3) is 0.267. The molecule has 0 fully saturated rings. The van der Waals surface area contributed by atoms with Crippen molar-refractivity contribution in [1.82, 2.24) is 9.97 Å². The lowest BCUT2D eigenvalue weighted by Crippen LogP contribution is -2.12. The molecule has 166 valence electrons. The van der Waals surface area contributed by atoms with Crippen LogP contribution in [0.3, 0.4) is 0 Å². The average Bonchev–Trinajstić information content (AvgIpc) is 3.26. The van der Waals surface area contributed by atoms with Crippen molar-refractivity contribution in [3.63, 3.8) is 0 Å². The third-order valence-electron chi connectivity index (χ3n) is 6.18. The van der Waals surface area contributed by atoms with Crippen LogP contribution in [-0.4, -0.2) is 9.97 Å². The van der Waals surface area contributed by atoms with E-state index in [2.05, 4.69) is 99.2 Å². The van der Waals surface area contributed by atoms with E-state index in [4.69, 9.17) is 4.42 Å². The van der Waals surface area contributed by atoms with Crippen molar-refractivity contribution in [2.75, 3.05) is 0 Å². The molecule has 0 saturated heterocycles. The summed E-state index contributed by atoms with van der Waals surface area (Å²) in [7, 11) is 0. The Morgan fingerprint density at radius 3 is 2.24 bits per heavy atom. The van der Waals surface area contributed by atoms with E-state index in [1.165, 1.54) is 21.9 Å². The van der Waals surface area contributed by atoms with Crippen molar-refractivity contribution >= 4 is 21.7 Å². The third kappa shape index (κ3) is 4.16. The van der Waals surface area contributed by atoms with Gasteiger partial charge in [0, 0.05) is 16.5 Å². The smallest absolute Gasteiger partial charge is 0.137 e. The standard InChI is InChI=1S/C30H30N2O/c1-19(2)12-24-15-22(14-21-10-11-33-29(21)24)27-17-28(32-18-31-27)23-13-20-8-6-7-9-25(20)26(16-23)30(3,4)5/h6-11,13-19H,12H2,1-5H3. The molecule has 3 heteroatoms. The minimum absolute atomic E-state index is 0.0313. The number of fused-ring (bicyclic) bond motifs is 2. The van der Waals surface area contributed by atoms with Gasteiger partial charge in [-0.2, -0.15) is 0 Å². The predicted octanol–water partition coefficient (Wildman–Crippen LogP) is 8.21. The van der Waals surface area contributed by atoms with Gasteiger partial charge in [0.05, 0.1) is 17.7 Å². The Kier molecular flexibility index (Phi) is 5.28. The molecule has 0 aliphatic carbocycles. The minimum Gasteiger partial charge on any atom is -0.464 e. The van der Waals surface area contributed by atoms with Crippen LogP contribution in [0.1, 0.15) is 45.7 Å². The number of aromatic nitrogens is 2. The maximum atomic E-state index is 5.79. The van der Waals surface area contributed by atoms with Gasteiger partial charge in [0.25, 0.3) is 0 Å². The van der Waals surface area contributed by atoms with Gasteiger partial charge in [0.15, 0.2) is 0 Å². The summed E-state index contributed by atoms with van der Waals surface area (Å²) in [6, 6.07) is 21.7. The number of furan rings is 1. The molecule has 0 aliphatic rings. The van der Waals surface area contributed by atoms with E-state index in [1.807, 2.05) is 6.07 Å². The van der Waals surface area contributed by atoms with Gasteiger partial charge >= 0.3 is 0 Å². The van der Waals surface area contributed by atoms with Crippen LogP contribution in [0.15, 0.2) is 77.7 Å². The highest BCUT2D eigenvalue weighted by molar-refractivity contribution is 5.91. The first-order valence-corrected chi connectivity index (χ1v) is 11.7. The molecule has 0 aliphatic heterocycles. The zero-order valence-electron chi connectivity index (χ0n) is 20.0. The van der Waals surface area contributed by atoms with Crippen LogP contribution in [0.2, 0.25) is 0 Å². The monoisotopic (exact) mass is 434 g/mol. The summed E-state index contributed by atoms with van der Waals surface area (Å²) in [5, 5.41) is 3.65. The van der Waals surface area contributed by atoms with Crippen molar-refractivity contribution in [3.05, 3.63) is 84.4 Å². The summed E-state index contributed by atoms with van der Waals surface area (Å²) in [6.07, 6.45) is 4.42. The first-order valence-electron chi connectivity index (χ1n) is 11.7. The quantitative estimate of drug-likeness (QED) is 0.286. The Labute approximate surface area is 195 Å². The lowest BCUT2D eigenvalue weighted by atomic mass is 9.82. The molecule has 0 amide bonds. The molecule has 5 rings (SSSR count). The van der Waals surface area contributed by atoms with Gasteiger partial charge in [-0.05, 0) is 76.1 Å². The molecular formula is C30H30N2O. The molecule has 0 saturated carbocycles. The molecule has 0 unspecified atom stereocenters. The van der Waals surface area contributed by atoms with E-state index in [0.717, 1.165) is 39.9 Å². The summed E-state index contributed by atoms with van der Waals surface area (Å²) in [4.78, 5) is 9.30. The normalized spacial score (nSPS) is 12.2. The SMILES string of the molecule is CC(C)Cc1cc(-c2cc(-c3cc(C(C)(C)C)c4ccccc4c3)ncn2)cc2ccoc12. The Morgan fingerprint density at radius 1 is 0.818 bits per heavy atom. The molecule has 33 heavy (non-hydrogen) atoms. The summed E-state index contributed by atoms with van der Waals surface area (Å²) in [5.74, 6) is 0.544. The topological polar surface area (TPSA) is 38.9 Å². The lowest BCUT2D eigenvalue weighted by Gasteiger charge is -2.22. The highest BCUT2D eigenvalue weighted by Gasteiger charge is 2.19. The van der Waals surface area contributed by atoms with Gasteiger partial charge in [-0.15, -0.1) is 0 Å². The third-order valence-corrected chi connectivity index (χ3v) is 6.18. The van der Waals surface area contributed by atoms with E-state index >= 15 is 0 Å². The molecule has 0 atom stereocenters. The van der Waals surface area contributed by atoms with Gasteiger partial charge in [0.1, 0.15) is 11.9 Å². The fourth-order valence-electron chi connectivity index (χ4n) is 4.65. The van der Waals surface area contributed by atoms with E-state index in [0.29, 0.717) is 5.92 Å². The maximum absolute atomic E-state index is 5.79. The first kappa shape index (κ1) is 21.4. The zero-order valence-corrected chi connectivity index (χ0v) is 20.0. The summed E-state index contributed by atoms with van der Waals surface area (Å²) in [5.41, 5.74) is 7.65. The average molecular weight is 435 g/mol. The molecule has 0 radical (unpaired) electrons. The number of hydrogen-bond acceptors (Lipinski definition) is 3. The molecule has 3 nitrogen and oxygen atoms in total. The molecular weight excluding hydrogens is 404 g/mol. The number of benzene rings is 3. The molecule has 2 aromatic heterocycles. The van der Waals surface area contributed by atoms with Crippen molar-refractivity contribution in [2.45, 2.75) is 46.5 Å². The second-order valence-corrected chi connectivity index (χ2v) is 10.4. The van der Waals surface area contributed by atoms with Crippen LogP contribution in [-0.2, 0) is 11.8 Å². The summed E-state index contributed by atoms with van der Waals surface area (Å²) in [6.45, 7) is 11.3. The van der Waals surface area contributed by atoms with Crippen molar-refractivity contribution in [1.29, 1.82) is 0 Å². The zero-order chi connectivity index (χ0) is 23.2. The van der Waals surface area contributed by atoms with Crippen molar-refractivity contribution in [2.24, 2.45) is 5.92 Å². The van der Waals surface area contributed by atoms with Crippen LogP contribution in [0.25, 0.3) is 44.3 Å². The van der Waals surface area contributed by atoms with E-state index < -0.39 is 0 Å². The van der Waals surface area contributed by atoms with E-state index in [9.17, 15) is 0 Å². The highest BCUT2D eigenvalue weighted by atomic mass is 16.3. The molecule has 3 aromatic carbocycles. The molecule has 0 spiro atoms. The predicted molar refractivity (Wildman–Crippen MR) is 137 cm³/mol. The van der Waals surface area contributed by atoms with Crippen LogP contribution in [0.4, 0.5) is 0 Å². The Hall–Kier alpha value is -3.46. The largest absolute Gasteiger partial charge is 0.464 e. The van der Waals surface area contributed by atoms with Gasteiger partial charge in [-0.3, -0.25) is 0 Å². The number of nitrogens with zero attached hydrogens (tertiary/aromatic N) is 2. The van der Waals surface area contributed by atoms with Crippen LogP contribution < -0.4 is 0 Å². The summed E-state index contributed by atoms with van der Waals surface area (Å²) >= 11 is 0. The Balaban J connectivity index is 1.65. The minimum atomic E-state index is 0.0313. The van der Waals surface area contributed by atoms with Gasteiger partial charge in [0.2, 0.25) is 0 Å². The summed E-state index contributed by atoms with van der Waals surface area (Å²) < 4.78 is 5.79. The molecule has 0 bridgehead atoms. The van der Waals surface area contributed by atoms with Crippen molar-refractivity contribution < 1.29 is 4.42 Å². The second kappa shape index (κ2) is 8.15. The van der Waals surface area contributed by atoms with Gasteiger partial charge in [-0.1, -0.05) is 58.9 Å². The molecule has 2 heterocycles.